The Morgan fingerprint density at radius 1 is 1.44 bits per heavy atom. The highest BCUT2D eigenvalue weighted by Gasteiger charge is 2.46. The Balaban J connectivity index is 2.13. The number of carbonyl (C=O) groups excluding carboxylic acids is 1. The van der Waals surface area contributed by atoms with Gasteiger partial charge in [0.05, 0.1) is 23.7 Å². The van der Waals surface area contributed by atoms with Crippen LogP contribution in [0.4, 0.5) is 8.78 Å². The molecule has 0 bridgehead atoms. The van der Waals surface area contributed by atoms with Crippen molar-refractivity contribution in [3.8, 4) is 0 Å². The van der Waals surface area contributed by atoms with Crippen LogP contribution in [0.1, 0.15) is 10.4 Å². The first-order valence-corrected chi connectivity index (χ1v) is 5.13. The molecule has 1 fully saturated rings. The van der Waals surface area contributed by atoms with E-state index in [0.29, 0.717) is 0 Å². The molecule has 0 aromatic carbocycles. The molecule has 16 heavy (non-hydrogen) atoms. The maximum Gasteiger partial charge on any atom is 0.282 e. The van der Waals surface area contributed by atoms with Crippen molar-refractivity contribution in [1.82, 2.24) is 9.88 Å². The summed E-state index contributed by atoms with van der Waals surface area (Å²) in [6, 6.07) is 1.32. The van der Waals surface area contributed by atoms with E-state index in [4.69, 9.17) is 23.2 Å². The zero-order valence-electron chi connectivity index (χ0n) is 7.88. The first kappa shape index (κ1) is 11.5. The Labute approximate surface area is 100.0 Å². The molecule has 1 aromatic rings. The molecule has 2 rings (SSSR count). The first-order valence-electron chi connectivity index (χ1n) is 4.37. The van der Waals surface area contributed by atoms with Crippen molar-refractivity contribution in [3.63, 3.8) is 0 Å². The Morgan fingerprint density at radius 2 is 2.06 bits per heavy atom. The number of halogens is 4. The van der Waals surface area contributed by atoms with Gasteiger partial charge in [-0.2, -0.15) is 0 Å². The molecule has 0 spiro atoms. The van der Waals surface area contributed by atoms with E-state index in [0.717, 1.165) is 4.90 Å². The lowest BCUT2D eigenvalue weighted by molar-refractivity contribution is -0.113. The first-order chi connectivity index (χ1) is 7.39. The van der Waals surface area contributed by atoms with Crippen LogP contribution in [0.3, 0.4) is 0 Å². The maximum atomic E-state index is 12.6. The molecule has 1 aromatic heterocycles. The number of rotatable bonds is 1. The SMILES string of the molecule is O=C(c1cnc(Cl)c(Cl)c1)N1CC(F)(F)C1. The van der Waals surface area contributed by atoms with E-state index in [-0.39, 0.29) is 15.7 Å². The van der Waals surface area contributed by atoms with Crippen molar-refractivity contribution in [2.75, 3.05) is 13.1 Å². The second kappa shape index (κ2) is 3.82. The molecular formula is C9H6Cl2F2N2O. The second-order valence-electron chi connectivity index (χ2n) is 3.51. The fourth-order valence-corrected chi connectivity index (χ4v) is 1.65. The minimum atomic E-state index is -2.78. The molecule has 1 aliphatic heterocycles. The largest absolute Gasteiger partial charge is 0.326 e. The lowest BCUT2D eigenvalue weighted by Crippen LogP contribution is -2.58. The Hall–Kier alpha value is -0.940. The van der Waals surface area contributed by atoms with Crippen LogP contribution in [-0.2, 0) is 0 Å². The van der Waals surface area contributed by atoms with E-state index in [1.165, 1.54) is 12.3 Å². The van der Waals surface area contributed by atoms with Gasteiger partial charge < -0.3 is 4.90 Å². The molecule has 0 aliphatic carbocycles. The van der Waals surface area contributed by atoms with Gasteiger partial charge in [-0.25, -0.2) is 13.8 Å². The summed E-state index contributed by atoms with van der Waals surface area (Å²) in [6.07, 6.45) is 1.22. The molecule has 86 valence electrons. The molecule has 1 saturated heterocycles. The highest BCUT2D eigenvalue weighted by atomic mass is 35.5. The topological polar surface area (TPSA) is 33.2 Å². The van der Waals surface area contributed by atoms with Crippen LogP contribution in [-0.4, -0.2) is 34.8 Å². The molecule has 0 radical (unpaired) electrons. The predicted molar refractivity (Wildman–Crippen MR) is 55.1 cm³/mol. The second-order valence-corrected chi connectivity index (χ2v) is 4.28. The highest BCUT2D eigenvalue weighted by Crippen LogP contribution is 2.29. The van der Waals surface area contributed by atoms with E-state index < -0.39 is 24.9 Å². The van der Waals surface area contributed by atoms with Gasteiger partial charge >= 0.3 is 0 Å². The van der Waals surface area contributed by atoms with Crippen molar-refractivity contribution in [3.05, 3.63) is 28.0 Å². The standard InChI is InChI=1S/C9H6Cl2F2N2O/c10-6-1-5(2-14-7(6)11)8(16)15-3-9(12,13)4-15/h1-2H,3-4H2. The molecule has 0 unspecified atom stereocenters. The van der Waals surface area contributed by atoms with Crippen molar-refractivity contribution in [1.29, 1.82) is 0 Å². The van der Waals surface area contributed by atoms with Crippen molar-refractivity contribution < 1.29 is 13.6 Å². The van der Waals surface area contributed by atoms with E-state index in [1.54, 1.807) is 0 Å². The van der Waals surface area contributed by atoms with Crippen LogP contribution in [0.25, 0.3) is 0 Å². The smallest absolute Gasteiger partial charge is 0.282 e. The molecule has 0 saturated carbocycles. The third kappa shape index (κ3) is 2.10. The number of pyridine rings is 1. The number of hydrogen-bond donors (Lipinski definition) is 0. The number of nitrogens with zero attached hydrogens (tertiary/aromatic N) is 2. The lowest BCUT2D eigenvalue weighted by Gasteiger charge is -2.38. The van der Waals surface area contributed by atoms with Gasteiger partial charge in [-0.3, -0.25) is 4.79 Å². The molecule has 3 nitrogen and oxygen atoms in total. The van der Waals surface area contributed by atoms with E-state index in [1.807, 2.05) is 0 Å². The summed E-state index contributed by atoms with van der Waals surface area (Å²) in [4.78, 5) is 16.3. The molecule has 0 atom stereocenters. The van der Waals surface area contributed by atoms with Gasteiger partial charge in [0.15, 0.2) is 0 Å². The molecule has 1 aliphatic rings. The highest BCUT2D eigenvalue weighted by molar-refractivity contribution is 6.41. The van der Waals surface area contributed by atoms with E-state index >= 15 is 0 Å². The van der Waals surface area contributed by atoms with Crippen molar-refractivity contribution in [2.24, 2.45) is 0 Å². The quantitative estimate of drug-likeness (QED) is 0.732. The van der Waals surface area contributed by atoms with Crippen molar-refractivity contribution in [2.45, 2.75) is 5.92 Å². The minimum absolute atomic E-state index is 0.0761. The third-order valence-electron chi connectivity index (χ3n) is 2.17. The van der Waals surface area contributed by atoms with Crippen LogP contribution >= 0.6 is 23.2 Å². The van der Waals surface area contributed by atoms with Crippen molar-refractivity contribution >= 4 is 29.1 Å². The predicted octanol–water partition coefficient (Wildman–Crippen LogP) is 2.48. The number of hydrogen-bond acceptors (Lipinski definition) is 2. The average molecular weight is 267 g/mol. The maximum absolute atomic E-state index is 12.6. The Bertz CT molecular complexity index is 445. The monoisotopic (exact) mass is 266 g/mol. The Kier molecular flexibility index (Phi) is 2.75. The zero-order chi connectivity index (χ0) is 11.9. The van der Waals surface area contributed by atoms with E-state index in [2.05, 4.69) is 4.98 Å². The molecular weight excluding hydrogens is 261 g/mol. The van der Waals surface area contributed by atoms with Gasteiger partial charge in [0.1, 0.15) is 5.15 Å². The molecule has 0 N–H and O–H groups in total. The lowest BCUT2D eigenvalue weighted by atomic mass is 10.1. The fraction of sp³-hybridized carbons (Fsp3) is 0.333. The summed E-state index contributed by atoms with van der Waals surface area (Å²) in [7, 11) is 0. The number of likely N-dealkylation sites (tertiary alicyclic amines) is 1. The summed E-state index contributed by atoms with van der Waals surface area (Å²) >= 11 is 11.2. The van der Waals surface area contributed by atoms with E-state index in [9.17, 15) is 13.6 Å². The van der Waals surface area contributed by atoms with Gasteiger partial charge in [-0.05, 0) is 6.07 Å². The average Bonchev–Trinajstić information content (AvgIpc) is 2.17. The summed E-state index contributed by atoms with van der Waals surface area (Å²) in [5, 5.41) is 0.201. The fourth-order valence-electron chi connectivity index (χ4n) is 1.38. The molecule has 1 amide bonds. The van der Waals surface area contributed by atoms with Gasteiger partial charge in [-0.1, -0.05) is 23.2 Å². The summed E-state index contributed by atoms with van der Waals surface area (Å²) in [5.74, 6) is -3.30. The van der Waals surface area contributed by atoms with Gasteiger partial charge in [0.25, 0.3) is 11.8 Å². The van der Waals surface area contributed by atoms with Crippen LogP contribution in [0.5, 0.6) is 0 Å². The number of carbonyl (C=O) groups is 1. The summed E-state index contributed by atoms with van der Waals surface area (Å²) in [6.45, 7) is -1.13. The zero-order valence-corrected chi connectivity index (χ0v) is 9.40. The number of alkyl halides is 2. The number of amides is 1. The summed E-state index contributed by atoms with van der Waals surface area (Å²) in [5.41, 5.74) is 0.157. The van der Waals surface area contributed by atoms with Gasteiger partial charge in [0.2, 0.25) is 0 Å². The van der Waals surface area contributed by atoms with Gasteiger partial charge in [-0.15, -0.1) is 0 Å². The van der Waals surface area contributed by atoms with Crippen LogP contribution in [0.15, 0.2) is 12.3 Å². The van der Waals surface area contributed by atoms with Crippen LogP contribution in [0, 0.1) is 0 Å². The molecule has 7 heteroatoms. The van der Waals surface area contributed by atoms with Crippen LogP contribution < -0.4 is 0 Å². The van der Waals surface area contributed by atoms with Crippen LogP contribution in [0.2, 0.25) is 10.2 Å². The normalized spacial score (nSPS) is 18.1. The number of aromatic nitrogens is 1. The third-order valence-corrected chi connectivity index (χ3v) is 2.86. The molecule has 2 heterocycles. The summed E-state index contributed by atoms with van der Waals surface area (Å²) < 4.78 is 25.1. The Morgan fingerprint density at radius 3 is 2.56 bits per heavy atom. The van der Waals surface area contributed by atoms with Gasteiger partial charge in [0, 0.05) is 6.20 Å². The minimum Gasteiger partial charge on any atom is -0.326 e.